The lowest BCUT2D eigenvalue weighted by atomic mass is 10.1. The number of benzene rings is 2. The van der Waals surface area contributed by atoms with E-state index in [4.69, 9.17) is 0 Å². The van der Waals surface area contributed by atoms with Crippen LogP contribution >= 0.6 is 0 Å². The maximum Gasteiger partial charge on any atom is 0.289 e. The molecule has 1 N–H and O–H groups in total. The minimum Gasteiger partial charge on any atom is -0.301 e. The summed E-state index contributed by atoms with van der Waals surface area (Å²) in [4.78, 5) is 12.1. The molecule has 0 saturated carbocycles. The van der Waals surface area contributed by atoms with Gasteiger partial charge in [0.25, 0.3) is 5.69 Å². The van der Waals surface area contributed by atoms with Crippen LogP contribution in [0.4, 0.5) is 5.69 Å². The van der Waals surface area contributed by atoms with Crippen molar-refractivity contribution in [1.29, 1.82) is 0 Å². The summed E-state index contributed by atoms with van der Waals surface area (Å²) < 4.78 is 27.9. The molecule has 2 rings (SSSR count). The molecular weight excluding hydrogens is 342 g/mol. The zero-order valence-electron chi connectivity index (χ0n) is 14.3. The smallest absolute Gasteiger partial charge is 0.289 e. The number of rotatable bonds is 7. The monoisotopic (exact) mass is 363 g/mol. The molecule has 2 aromatic rings. The Balaban J connectivity index is 2.32. The third kappa shape index (κ3) is 4.41. The van der Waals surface area contributed by atoms with Crippen molar-refractivity contribution in [3.8, 4) is 0 Å². The van der Waals surface area contributed by atoms with Gasteiger partial charge in [-0.1, -0.05) is 42.5 Å². The van der Waals surface area contributed by atoms with E-state index in [-0.39, 0.29) is 17.5 Å². The third-order valence-corrected chi connectivity index (χ3v) is 5.55. The van der Waals surface area contributed by atoms with E-state index in [1.165, 1.54) is 12.1 Å². The first-order valence-corrected chi connectivity index (χ1v) is 9.17. The number of likely N-dealkylation sites (N-methyl/N-ethyl adjacent to an activating group) is 1. The first-order chi connectivity index (χ1) is 11.7. The van der Waals surface area contributed by atoms with Crippen LogP contribution in [0.2, 0.25) is 0 Å². The molecule has 0 fully saturated rings. The molecule has 0 amide bonds. The molecule has 0 heterocycles. The number of aryl methyl sites for hydroxylation is 1. The van der Waals surface area contributed by atoms with Gasteiger partial charge in [0, 0.05) is 18.7 Å². The highest BCUT2D eigenvalue weighted by atomic mass is 32.2. The van der Waals surface area contributed by atoms with E-state index in [0.717, 1.165) is 5.56 Å². The van der Waals surface area contributed by atoms with Gasteiger partial charge in [0.15, 0.2) is 4.90 Å². The summed E-state index contributed by atoms with van der Waals surface area (Å²) in [6.07, 6.45) is 0. The highest BCUT2D eigenvalue weighted by Gasteiger charge is 2.28. The zero-order chi connectivity index (χ0) is 18.6. The maximum atomic E-state index is 12.7. The van der Waals surface area contributed by atoms with E-state index < -0.39 is 20.6 Å². The van der Waals surface area contributed by atoms with Crippen molar-refractivity contribution in [3.05, 3.63) is 69.8 Å². The second-order valence-electron chi connectivity index (χ2n) is 5.92. The fourth-order valence-electron chi connectivity index (χ4n) is 2.66. The number of nitro groups is 1. The van der Waals surface area contributed by atoms with Crippen LogP contribution in [0.5, 0.6) is 0 Å². The van der Waals surface area contributed by atoms with E-state index in [1.807, 2.05) is 49.3 Å². The molecular formula is C17H21N3O4S. The van der Waals surface area contributed by atoms with Gasteiger partial charge in [-0.3, -0.25) is 10.1 Å². The van der Waals surface area contributed by atoms with Gasteiger partial charge < -0.3 is 4.90 Å². The summed E-state index contributed by atoms with van der Waals surface area (Å²) in [5, 5.41) is 11.2. The second kappa shape index (κ2) is 7.73. The Morgan fingerprint density at radius 3 is 2.32 bits per heavy atom. The molecule has 1 unspecified atom stereocenters. The predicted molar refractivity (Wildman–Crippen MR) is 95.9 cm³/mol. The molecule has 0 aliphatic carbocycles. The van der Waals surface area contributed by atoms with Gasteiger partial charge in [-0.2, -0.15) is 0 Å². The van der Waals surface area contributed by atoms with Gasteiger partial charge >= 0.3 is 0 Å². The lowest BCUT2D eigenvalue weighted by Crippen LogP contribution is -2.35. The number of nitrogens with zero attached hydrogens (tertiary/aromatic N) is 2. The van der Waals surface area contributed by atoms with Crippen LogP contribution in [-0.2, 0) is 10.0 Å². The summed E-state index contributed by atoms with van der Waals surface area (Å²) in [6.45, 7) is 1.65. The van der Waals surface area contributed by atoms with Gasteiger partial charge in [0.2, 0.25) is 10.0 Å². The SMILES string of the molecule is Cc1cccc([N+](=O)[O-])c1S(=O)(=O)NCC(c1ccccc1)N(C)C. The van der Waals surface area contributed by atoms with Crippen LogP contribution in [-0.4, -0.2) is 38.9 Å². The van der Waals surface area contributed by atoms with Crippen LogP contribution in [0.1, 0.15) is 17.2 Å². The molecule has 0 saturated heterocycles. The Hall–Kier alpha value is -2.29. The Labute approximate surface area is 147 Å². The standard InChI is InChI=1S/C17H21N3O4S/c1-13-8-7-11-15(20(21)22)17(13)25(23,24)18-12-16(19(2)3)14-9-5-4-6-10-14/h4-11,16,18H,12H2,1-3H3. The maximum absolute atomic E-state index is 12.7. The number of nitrogens with one attached hydrogen (secondary N) is 1. The lowest BCUT2D eigenvalue weighted by Gasteiger charge is -2.25. The summed E-state index contributed by atoms with van der Waals surface area (Å²) >= 11 is 0. The minimum absolute atomic E-state index is 0.102. The van der Waals surface area contributed by atoms with E-state index in [9.17, 15) is 18.5 Å². The normalized spacial score (nSPS) is 13.0. The highest BCUT2D eigenvalue weighted by molar-refractivity contribution is 7.89. The van der Waals surface area contributed by atoms with Crippen LogP contribution < -0.4 is 4.72 Å². The van der Waals surface area contributed by atoms with Crippen LogP contribution in [0.15, 0.2) is 53.4 Å². The summed E-state index contributed by atoms with van der Waals surface area (Å²) in [5.41, 5.74) is 0.867. The van der Waals surface area contributed by atoms with Crippen molar-refractivity contribution < 1.29 is 13.3 Å². The van der Waals surface area contributed by atoms with E-state index >= 15 is 0 Å². The van der Waals surface area contributed by atoms with Crippen molar-refractivity contribution >= 4 is 15.7 Å². The molecule has 134 valence electrons. The predicted octanol–water partition coefficient (Wildman–Crippen LogP) is 2.48. The highest BCUT2D eigenvalue weighted by Crippen LogP contribution is 2.27. The average Bonchev–Trinajstić information content (AvgIpc) is 2.55. The molecule has 0 aliphatic heterocycles. The fourth-order valence-corrected chi connectivity index (χ4v) is 4.10. The van der Waals surface area contributed by atoms with E-state index in [1.54, 1.807) is 13.0 Å². The summed E-state index contributed by atoms with van der Waals surface area (Å²) in [5.74, 6) is 0. The van der Waals surface area contributed by atoms with Crippen molar-refractivity contribution in [2.45, 2.75) is 17.9 Å². The third-order valence-electron chi connectivity index (χ3n) is 3.93. The van der Waals surface area contributed by atoms with E-state index in [0.29, 0.717) is 5.56 Å². The Kier molecular flexibility index (Phi) is 5.89. The van der Waals surface area contributed by atoms with Crippen LogP contribution in [0, 0.1) is 17.0 Å². The largest absolute Gasteiger partial charge is 0.301 e. The van der Waals surface area contributed by atoms with Crippen molar-refractivity contribution in [2.24, 2.45) is 0 Å². The molecule has 0 spiro atoms. The zero-order valence-corrected chi connectivity index (χ0v) is 15.2. The second-order valence-corrected chi connectivity index (χ2v) is 7.63. The molecule has 0 aliphatic rings. The van der Waals surface area contributed by atoms with Gasteiger partial charge in [-0.05, 0) is 32.1 Å². The van der Waals surface area contributed by atoms with Crippen LogP contribution in [0.25, 0.3) is 0 Å². The first-order valence-electron chi connectivity index (χ1n) is 7.69. The Bertz CT molecular complexity index is 851. The van der Waals surface area contributed by atoms with Crippen molar-refractivity contribution in [2.75, 3.05) is 20.6 Å². The molecule has 0 aromatic heterocycles. The Morgan fingerprint density at radius 2 is 1.76 bits per heavy atom. The van der Waals surface area contributed by atoms with Crippen LogP contribution in [0.3, 0.4) is 0 Å². The summed E-state index contributed by atoms with van der Waals surface area (Å²) in [6, 6.07) is 13.5. The van der Waals surface area contributed by atoms with Gasteiger partial charge in [-0.25, -0.2) is 13.1 Å². The van der Waals surface area contributed by atoms with Gasteiger partial charge in [-0.15, -0.1) is 0 Å². The molecule has 7 nitrogen and oxygen atoms in total. The number of sulfonamides is 1. The number of hydrogen-bond donors (Lipinski definition) is 1. The number of nitro benzene ring substituents is 1. The van der Waals surface area contributed by atoms with Crippen molar-refractivity contribution in [1.82, 2.24) is 9.62 Å². The van der Waals surface area contributed by atoms with E-state index in [2.05, 4.69) is 4.72 Å². The fraction of sp³-hybridized carbons (Fsp3) is 0.294. The first kappa shape index (κ1) is 19.0. The molecule has 25 heavy (non-hydrogen) atoms. The molecule has 1 atom stereocenters. The number of hydrogen-bond acceptors (Lipinski definition) is 5. The van der Waals surface area contributed by atoms with Crippen molar-refractivity contribution in [3.63, 3.8) is 0 Å². The quantitative estimate of drug-likeness (QED) is 0.603. The average molecular weight is 363 g/mol. The Morgan fingerprint density at radius 1 is 1.12 bits per heavy atom. The lowest BCUT2D eigenvalue weighted by molar-refractivity contribution is -0.387. The molecule has 2 aromatic carbocycles. The topological polar surface area (TPSA) is 92.5 Å². The molecule has 0 bridgehead atoms. The molecule has 8 heteroatoms. The molecule has 0 radical (unpaired) electrons. The summed E-state index contributed by atoms with van der Waals surface area (Å²) in [7, 11) is -0.323. The minimum atomic E-state index is -4.02. The van der Waals surface area contributed by atoms with Gasteiger partial charge in [0.05, 0.1) is 4.92 Å². The van der Waals surface area contributed by atoms with Gasteiger partial charge in [0.1, 0.15) is 0 Å².